The number of benzene rings is 2. The molecule has 8 heteroatoms. The Hall–Kier alpha value is -3.55. The van der Waals surface area contributed by atoms with Gasteiger partial charge in [0, 0.05) is 23.4 Å². The molecule has 2 amide bonds. The summed E-state index contributed by atoms with van der Waals surface area (Å²) in [6.45, 7) is 0.529. The summed E-state index contributed by atoms with van der Waals surface area (Å²) < 4.78 is 1.50. The van der Waals surface area contributed by atoms with E-state index in [0.717, 1.165) is 11.3 Å². The van der Waals surface area contributed by atoms with Gasteiger partial charge < -0.3 is 10.6 Å². The molecule has 8 nitrogen and oxygen atoms in total. The molecule has 118 valence electrons. The second-order valence-corrected chi connectivity index (χ2v) is 5.31. The van der Waals surface area contributed by atoms with E-state index in [0.29, 0.717) is 23.4 Å². The number of hydrogen-bond acceptors (Lipinski definition) is 5. The van der Waals surface area contributed by atoms with Crippen molar-refractivity contribution in [1.82, 2.24) is 25.5 Å². The predicted molar refractivity (Wildman–Crippen MR) is 84.7 cm³/mol. The van der Waals surface area contributed by atoms with E-state index in [4.69, 9.17) is 0 Å². The van der Waals surface area contributed by atoms with Gasteiger partial charge in [-0.1, -0.05) is 6.07 Å². The van der Waals surface area contributed by atoms with E-state index in [9.17, 15) is 9.59 Å². The Kier molecular flexibility index (Phi) is 3.27. The fraction of sp³-hybridized carbons (Fsp3) is 0.0625. The predicted octanol–water partition coefficient (Wildman–Crippen LogP) is 1.16. The molecule has 0 aliphatic carbocycles. The smallest absolute Gasteiger partial charge is 0.255 e. The SMILES string of the molecule is O=C(Nc1ccc2c(c1)C(=O)NC2)c1ccc(-n2cnnn2)cc1. The van der Waals surface area contributed by atoms with Crippen LogP contribution in [0.3, 0.4) is 0 Å². The highest BCUT2D eigenvalue weighted by atomic mass is 16.2. The van der Waals surface area contributed by atoms with E-state index in [1.807, 2.05) is 6.07 Å². The minimum Gasteiger partial charge on any atom is -0.348 e. The topological polar surface area (TPSA) is 102 Å². The average Bonchev–Trinajstić information content (AvgIpc) is 3.26. The lowest BCUT2D eigenvalue weighted by Crippen LogP contribution is -2.14. The van der Waals surface area contributed by atoms with Crippen LogP contribution in [0.15, 0.2) is 48.8 Å². The Morgan fingerprint density at radius 1 is 1.17 bits per heavy atom. The van der Waals surface area contributed by atoms with Crippen molar-refractivity contribution >= 4 is 17.5 Å². The highest BCUT2D eigenvalue weighted by Crippen LogP contribution is 2.20. The quantitative estimate of drug-likeness (QED) is 0.754. The van der Waals surface area contributed by atoms with E-state index in [-0.39, 0.29) is 11.8 Å². The van der Waals surface area contributed by atoms with Crippen molar-refractivity contribution in [3.05, 3.63) is 65.5 Å². The normalized spacial score (nSPS) is 12.6. The molecule has 0 saturated carbocycles. The summed E-state index contributed by atoms with van der Waals surface area (Å²) in [5.41, 5.74) is 3.37. The van der Waals surface area contributed by atoms with Crippen molar-refractivity contribution in [2.24, 2.45) is 0 Å². The summed E-state index contributed by atoms with van der Waals surface area (Å²) in [6.07, 6.45) is 1.48. The summed E-state index contributed by atoms with van der Waals surface area (Å²) in [5, 5.41) is 16.5. The van der Waals surface area contributed by atoms with Gasteiger partial charge >= 0.3 is 0 Å². The maximum absolute atomic E-state index is 12.3. The first kappa shape index (κ1) is 14.1. The van der Waals surface area contributed by atoms with Crippen molar-refractivity contribution < 1.29 is 9.59 Å². The van der Waals surface area contributed by atoms with E-state index in [2.05, 4.69) is 26.2 Å². The number of carbonyl (C=O) groups is 2. The Bertz CT molecular complexity index is 918. The number of rotatable bonds is 3. The number of amides is 2. The van der Waals surface area contributed by atoms with Gasteiger partial charge in [-0.25, -0.2) is 4.68 Å². The van der Waals surface area contributed by atoms with Gasteiger partial charge in [-0.05, 0) is 52.4 Å². The van der Waals surface area contributed by atoms with Crippen LogP contribution in [0.5, 0.6) is 0 Å². The van der Waals surface area contributed by atoms with Crippen molar-refractivity contribution in [2.45, 2.75) is 6.54 Å². The molecule has 24 heavy (non-hydrogen) atoms. The van der Waals surface area contributed by atoms with Gasteiger partial charge in [-0.2, -0.15) is 0 Å². The Morgan fingerprint density at radius 2 is 2.00 bits per heavy atom. The molecule has 1 aromatic heterocycles. The molecule has 1 aliphatic rings. The van der Waals surface area contributed by atoms with E-state index < -0.39 is 0 Å². The lowest BCUT2D eigenvalue weighted by molar-refractivity contribution is 0.0964. The zero-order chi connectivity index (χ0) is 16.5. The number of carbonyl (C=O) groups excluding carboxylic acids is 2. The van der Waals surface area contributed by atoms with E-state index in [1.54, 1.807) is 36.4 Å². The number of anilines is 1. The van der Waals surface area contributed by atoms with Crippen molar-refractivity contribution in [1.29, 1.82) is 0 Å². The third-order valence-electron chi connectivity index (χ3n) is 3.79. The van der Waals surface area contributed by atoms with Crippen LogP contribution in [-0.4, -0.2) is 32.0 Å². The molecule has 0 spiro atoms. The van der Waals surface area contributed by atoms with E-state index in [1.165, 1.54) is 11.0 Å². The lowest BCUT2D eigenvalue weighted by Gasteiger charge is -2.07. The van der Waals surface area contributed by atoms with Crippen molar-refractivity contribution in [3.8, 4) is 5.69 Å². The van der Waals surface area contributed by atoms with Gasteiger partial charge in [0.25, 0.3) is 11.8 Å². The molecule has 2 aromatic carbocycles. The largest absolute Gasteiger partial charge is 0.348 e. The first-order valence-corrected chi connectivity index (χ1v) is 7.26. The van der Waals surface area contributed by atoms with Crippen LogP contribution in [0.1, 0.15) is 26.3 Å². The fourth-order valence-electron chi connectivity index (χ4n) is 2.54. The number of tetrazole rings is 1. The van der Waals surface area contributed by atoms with Gasteiger partial charge in [-0.3, -0.25) is 9.59 Å². The maximum atomic E-state index is 12.3. The zero-order valence-corrected chi connectivity index (χ0v) is 12.4. The fourth-order valence-corrected chi connectivity index (χ4v) is 2.54. The number of nitrogens with one attached hydrogen (secondary N) is 2. The van der Waals surface area contributed by atoms with Crippen LogP contribution < -0.4 is 10.6 Å². The molecule has 0 bridgehead atoms. The molecule has 0 atom stereocenters. The standard InChI is InChI=1S/C16H12N6O2/c23-15(10-2-5-13(6-3-10)22-9-18-20-21-22)19-12-4-1-11-8-17-16(24)14(11)7-12/h1-7,9H,8H2,(H,17,24)(H,19,23). The molecule has 0 unspecified atom stereocenters. The first-order valence-electron chi connectivity index (χ1n) is 7.26. The molecule has 3 aromatic rings. The number of nitrogens with zero attached hydrogens (tertiary/aromatic N) is 4. The van der Waals surface area contributed by atoms with Gasteiger partial charge in [0.05, 0.1) is 5.69 Å². The molecule has 0 fully saturated rings. The van der Waals surface area contributed by atoms with Crippen molar-refractivity contribution in [2.75, 3.05) is 5.32 Å². The molecule has 2 heterocycles. The molecule has 0 radical (unpaired) electrons. The highest BCUT2D eigenvalue weighted by molar-refractivity contribution is 6.05. The van der Waals surface area contributed by atoms with Crippen LogP contribution in [0.2, 0.25) is 0 Å². The van der Waals surface area contributed by atoms with Gasteiger partial charge in [0.15, 0.2) is 0 Å². The number of hydrogen-bond donors (Lipinski definition) is 2. The minimum absolute atomic E-state index is 0.119. The van der Waals surface area contributed by atoms with Crippen LogP contribution >= 0.6 is 0 Å². The molecular formula is C16H12N6O2. The highest BCUT2D eigenvalue weighted by Gasteiger charge is 2.19. The minimum atomic E-state index is -0.253. The number of fused-ring (bicyclic) bond motifs is 1. The molecule has 0 saturated heterocycles. The maximum Gasteiger partial charge on any atom is 0.255 e. The molecule has 2 N–H and O–H groups in total. The Morgan fingerprint density at radius 3 is 2.75 bits per heavy atom. The van der Waals surface area contributed by atoms with Crippen LogP contribution in [0, 0.1) is 0 Å². The van der Waals surface area contributed by atoms with E-state index >= 15 is 0 Å². The van der Waals surface area contributed by atoms with Crippen LogP contribution in [0.25, 0.3) is 5.69 Å². The summed E-state index contributed by atoms with van der Waals surface area (Å²) in [7, 11) is 0. The Labute approximate surface area is 136 Å². The second-order valence-electron chi connectivity index (χ2n) is 5.31. The van der Waals surface area contributed by atoms with Crippen LogP contribution in [-0.2, 0) is 6.54 Å². The second kappa shape index (κ2) is 5.58. The average molecular weight is 320 g/mol. The number of aromatic nitrogens is 4. The van der Waals surface area contributed by atoms with Crippen molar-refractivity contribution in [3.63, 3.8) is 0 Å². The van der Waals surface area contributed by atoms with Gasteiger partial charge in [-0.15, -0.1) is 5.10 Å². The summed E-state index contributed by atoms with van der Waals surface area (Å²) in [5.74, 6) is -0.372. The van der Waals surface area contributed by atoms with Gasteiger partial charge in [0.2, 0.25) is 0 Å². The molecule has 4 rings (SSSR count). The Balaban J connectivity index is 1.52. The summed E-state index contributed by atoms with van der Waals surface area (Å²) in [4.78, 5) is 24.0. The summed E-state index contributed by atoms with van der Waals surface area (Å²) in [6, 6.07) is 12.2. The monoisotopic (exact) mass is 320 g/mol. The summed E-state index contributed by atoms with van der Waals surface area (Å²) >= 11 is 0. The molecule has 1 aliphatic heterocycles. The molecular weight excluding hydrogens is 308 g/mol. The first-order chi connectivity index (χ1) is 11.7. The zero-order valence-electron chi connectivity index (χ0n) is 12.4. The lowest BCUT2D eigenvalue weighted by atomic mass is 10.1. The van der Waals surface area contributed by atoms with Gasteiger partial charge in [0.1, 0.15) is 6.33 Å². The third-order valence-corrected chi connectivity index (χ3v) is 3.79. The third kappa shape index (κ3) is 2.50. The van der Waals surface area contributed by atoms with Crippen LogP contribution in [0.4, 0.5) is 5.69 Å².